The van der Waals surface area contributed by atoms with Crippen molar-refractivity contribution in [2.45, 2.75) is 38.0 Å². The summed E-state index contributed by atoms with van der Waals surface area (Å²) in [5, 5.41) is 9.00. The van der Waals surface area contributed by atoms with Crippen LogP contribution >= 0.6 is 11.3 Å². The molecule has 90 valence electrons. The first-order valence-corrected chi connectivity index (χ1v) is 6.91. The summed E-state index contributed by atoms with van der Waals surface area (Å²) in [5.74, 6) is -0.202. The van der Waals surface area contributed by atoms with E-state index in [4.69, 9.17) is 5.11 Å². The molecule has 3 nitrogen and oxygen atoms in total. The van der Waals surface area contributed by atoms with Gasteiger partial charge in [-0.1, -0.05) is 19.3 Å². The van der Waals surface area contributed by atoms with Crippen LogP contribution in [0.5, 0.6) is 0 Å². The van der Waals surface area contributed by atoms with Crippen LogP contribution in [0, 0.1) is 0 Å². The predicted octanol–water partition coefficient (Wildman–Crippen LogP) is 3.98. The van der Waals surface area contributed by atoms with Gasteiger partial charge in [-0.15, -0.1) is 11.3 Å². The smallest absolute Gasteiger partial charge is 0.345 e. The van der Waals surface area contributed by atoms with Crippen LogP contribution in [-0.4, -0.2) is 16.1 Å². The molecular weight excluding hydrogens is 234 g/mol. The molecule has 2 aromatic heterocycles. The Hall–Kier alpha value is -1.29. The van der Waals surface area contributed by atoms with E-state index in [1.165, 1.54) is 49.0 Å². The van der Waals surface area contributed by atoms with Crippen molar-refractivity contribution in [2.24, 2.45) is 0 Å². The Balaban J connectivity index is 2.00. The van der Waals surface area contributed by atoms with Gasteiger partial charge in [-0.05, 0) is 30.4 Å². The van der Waals surface area contributed by atoms with E-state index in [0.29, 0.717) is 10.8 Å². The summed E-state index contributed by atoms with van der Waals surface area (Å²) in [5.41, 5.74) is 2.31. The number of rotatable bonds is 2. The molecular formula is C13H15NO2S. The van der Waals surface area contributed by atoms with Crippen LogP contribution < -0.4 is 0 Å². The lowest BCUT2D eigenvalue weighted by Gasteiger charge is -2.20. The van der Waals surface area contributed by atoms with Crippen LogP contribution in [0.1, 0.15) is 53.3 Å². The maximum absolute atomic E-state index is 11.0. The fourth-order valence-electron chi connectivity index (χ4n) is 2.76. The second-order valence-electron chi connectivity index (χ2n) is 4.74. The number of H-pyrrole nitrogens is 1. The minimum atomic E-state index is -0.825. The molecule has 0 atom stereocenters. The van der Waals surface area contributed by atoms with E-state index in [1.807, 2.05) is 0 Å². The Bertz CT molecular complexity index is 549. The molecule has 0 aromatic carbocycles. The molecule has 1 aliphatic carbocycles. The minimum absolute atomic E-state index is 0.434. The quantitative estimate of drug-likeness (QED) is 0.846. The topological polar surface area (TPSA) is 53.1 Å². The molecule has 0 aliphatic heterocycles. The van der Waals surface area contributed by atoms with Gasteiger partial charge < -0.3 is 10.1 Å². The molecule has 0 bridgehead atoms. The highest BCUT2D eigenvalue weighted by molar-refractivity contribution is 7.20. The summed E-state index contributed by atoms with van der Waals surface area (Å²) in [7, 11) is 0. The third kappa shape index (κ3) is 1.86. The Morgan fingerprint density at radius 2 is 2.12 bits per heavy atom. The second-order valence-corrected chi connectivity index (χ2v) is 5.79. The van der Waals surface area contributed by atoms with Gasteiger partial charge in [-0.25, -0.2) is 4.79 Å². The monoisotopic (exact) mass is 249 g/mol. The second kappa shape index (κ2) is 4.18. The van der Waals surface area contributed by atoms with E-state index in [0.717, 1.165) is 10.2 Å². The standard InChI is InChI=1S/C13H15NO2S/c15-13(16)11-6-10-12(17-11)9(7-14-10)8-4-2-1-3-5-8/h6-8,14H,1-5H2,(H,15,16). The summed E-state index contributed by atoms with van der Waals surface area (Å²) < 4.78 is 1.15. The molecule has 0 spiro atoms. The van der Waals surface area contributed by atoms with Crippen LogP contribution in [0.2, 0.25) is 0 Å². The number of carbonyl (C=O) groups is 1. The van der Waals surface area contributed by atoms with Crippen molar-refractivity contribution in [3.63, 3.8) is 0 Å². The first-order valence-electron chi connectivity index (χ1n) is 6.10. The fraction of sp³-hybridized carbons (Fsp3) is 0.462. The molecule has 4 heteroatoms. The first-order chi connectivity index (χ1) is 8.25. The number of carboxylic acid groups (broad SMARTS) is 1. The van der Waals surface area contributed by atoms with E-state index in [-0.39, 0.29) is 0 Å². The normalized spacial score (nSPS) is 17.6. The number of thiophene rings is 1. The third-order valence-electron chi connectivity index (χ3n) is 3.63. The van der Waals surface area contributed by atoms with Crippen LogP contribution in [0.25, 0.3) is 10.2 Å². The van der Waals surface area contributed by atoms with E-state index >= 15 is 0 Å². The largest absolute Gasteiger partial charge is 0.477 e. The van der Waals surface area contributed by atoms with Crippen molar-refractivity contribution in [3.8, 4) is 0 Å². The zero-order valence-electron chi connectivity index (χ0n) is 9.53. The average molecular weight is 249 g/mol. The van der Waals surface area contributed by atoms with E-state index < -0.39 is 5.97 Å². The summed E-state index contributed by atoms with van der Waals surface area (Å²) in [6.07, 6.45) is 8.50. The summed E-state index contributed by atoms with van der Waals surface area (Å²) in [4.78, 5) is 14.6. The number of hydrogen-bond donors (Lipinski definition) is 2. The molecule has 3 rings (SSSR count). The molecule has 1 saturated carbocycles. The minimum Gasteiger partial charge on any atom is -0.477 e. The number of aromatic carboxylic acids is 1. The van der Waals surface area contributed by atoms with Gasteiger partial charge in [0, 0.05) is 6.20 Å². The molecule has 2 N–H and O–H groups in total. The zero-order chi connectivity index (χ0) is 11.8. The SMILES string of the molecule is O=C(O)c1cc2[nH]cc(C3CCCCC3)c2s1. The molecule has 0 amide bonds. The summed E-state index contributed by atoms with van der Waals surface area (Å²) in [6, 6.07) is 1.74. The van der Waals surface area contributed by atoms with Gasteiger partial charge in [0.05, 0.1) is 10.2 Å². The molecule has 0 radical (unpaired) electrons. The van der Waals surface area contributed by atoms with E-state index in [2.05, 4.69) is 11.2 Å². The summed E-state index contributed by atoms with van der Waals surface area (Å²) in [6.45, 7) is 0. The van der Waals surface area contributed by atoms with Gasteiger partial charge in [-0.3, -0.25) is 0 Å². The number of hydrogen-bond acceptors (Lipinski definition) is 2. The Labute approximate surface area is 103 Å². The van der Waals surface area contributed by atoms with Gasteiger partial charge in [0.1, 0.15) is 4.88 Å². The van der Waals surface area contributed by atoms with Crippen LogP contribution in [0.15, 0.2) is 12.3 Å². The van der Waals surface area contributed by atoms with Crippen molar-refractivity contribution in [1.82, 2.24) is 4.98 Å². The van der Waals surface area contributed by atoms with E-state index in [9.17, 15) is 4.79 Å². The Morgan fingerprint density at radius 1 is 1.35 bits per heavy atom. The molecule has 0 unspecified atom stereocenters. The van der Waals surface area contributed by atoms with Crippen LogP contribution in [0.4, 0.5) is 0 Å². The molecule has 1 fully saturated rings. The van der Waals surface area contributed by atoms with Crippen molar-refractivity contribution in [1.29, 1.82) is 0 Å². The number of nitrogens with one attached hydrogen (secondary N) is 1. The summed E-state index contributed by atoms with van der Waals surface area (Å²) >= 11 is 1.40. The average Bonchev–Trinajstić information content (AvgIpc) is 2.89. The number of fused-ring (bicyclic) bond motifs is 1. The maximum atomic E-state index is 11.0. The molecule has 0 saturated heterocycles. The van der Waals surface area contributed by atoms with Crippen LogP contribution in [-0.2, 0) is 0 Å². The molecule has 2 heterocycles. The van der Waals surface area contributed by atoms with Crippen molar-refractivity contribution < 1.29 is 9.90 Å². The Kier molecular flexibility index (Phi) is 2.67. The lowest BCUT2D eigenvalue weighted by atomic mass is 9.85. The van der Waals surface area contributed by atoms with Gasteiger partial charge in [-0.2, -0.15) is 0 Å². The molecule has 2 aromatic rings. The van der Waals surface area contributed by atoms with Gasteiger partial charge in [0.2, 0.25) is 0 Å². The Morgan fingerprint density at radius 3 is 2.82 bits per heavy atom. The highest BCUT2D eigenvalue weighted by Gasteiger charge is 2.21. The zero-order valence-corrected chi connectivity index (χ0v) is 10.3. The van der Waals surface area contributed by atoms with E-state index in [1.54, 1.807) is 6.07 Å². The van der Waals surface area contributed by atoms with Crippen molar-refractivity contribution in [3.05, 3.63) is 22.7 Å². The van der Waals surface area contributed by atoms with Gasteiger partial charge >= 0.3 is 5.97 Å². The third-order valence-corrected chi connectivity index (χ3v) is 4.81. The lowest BCUT2D eigenvalue weighted by Crippen LogP contribution is -2.03. The molecule has 17 heavy (non-hydrogen) atoms. The maximum Gasteiger partial charge on any atom is 0.345 e. The molecule has 1 aliphatic rings. The lowest BCUT2D eigenvalue weighted by molar-refractivity contribution is 0.0702. The van der Waals surface area contributed by atoms with Gasteiger partial charge in [0.25, 0.3) is 0 Å². The first kappa shape index (κ1) is 10.8. The van der Waals surface area contributed by atoms with Gasteiger partial charge in [0.15, 0.2) is 0 Å². The highest BCUT2D eigenvalue weighted by atomic mass is 32.1. The fourth-order valence-corrected chi connectivity index (χ4v) is 3.81. The highest BCUT2D eigenvalue weighted by Crippen LogP contribution is 2.39. The van der Waals surface area contributed by atoms with Crippen LogP contribution in [0.3, 0.4) is 0 Å². The van der Waals surface area contributed by atoms with Crippen molar-refractivity contribution in [2.75, 3.05) is 0 Å². The number of aromatic nitrogens is 1. The van der Waals surface area contributed by atoms with Crippen molar-refractivity contribution >= 4 is 27.5 Å². The number of aromatic amines is 1. The number of carboxylic acids is 1. The predicted molar refractivity (Wildman–Crippen MR) is 69.0 cm³/mol.